The first-order valence-corrected chi connectivity index (χ1v) is 7.28. The van der Waals surface area contributed by atoms with E-state index < -0.39 is 5.99 Å². The fourth-order valence-electron chi connectivity index (χ4n) is 0.510. The van der Waals surface area contributed by atoms with E-state index in [0.717, 1.165) is 20.3 Å². The third-order valence-corrected chi connectivity index (χ3v) is 2.56. The minimum atomic E-state index is -4.63. The van der Waals surface area contributed by atoms with Crippen LogP contribution in [-0.4, -0.2) is 30.1 Å². The molecule has 1 aliphatic rings. The molecular formula is C5H13Cl2O4P. The van der Waals surface area contributed by atoms with Gasteiger partial charge < -0.3 is 4.74 Å². The van der Waals surface area contributed by atoms with Crippen LogP contribution in [0.3, 0.4) is 0 Å². The molecule has 76 valence electrons. The van der Waals surface area contributed by atoms with Gasteiger partial charge in [-0.1, -0.05) is 0 Å². The van der Waals surface area contributed by atoms with Crippen LogP contribution in [0.1, 0.15) is 12.8 Å². The Morgan fingerprint density at radius 1 is 1.25 bits per heavy atom. The molecule has 0 aromatic heterocycles. The molecule has 0 atom stereocenters. The molecule has 0 amide bonds. The monoisotopic (exact) mass is 238 g/mol. The Morgan fingerprint density at radius 2 is 1.58 bits per heavy atom. The third kappa shape index (κ3) is 10.8. The third-order valence-electron chi connectivity index (χ3n) is 1.13. The van der Waals surface area contributed by atoms with Crippen LogP contribution in [0, 0.1) is 0 Å². The van der Waals surface area contributed by atoms with Crippen LogP contribution in [0.4, 0.5) is 0 Å². The first-order valence-electron chi connectivity index (χ1n) is 3.41. The molecule has 0 radical (unpaired) electrons. The summed E-state index contributed by atoms with van der Waals surface area (Å²) in [5, 5.41) is 0. The number of halogens is 2. The van der Waals surface area contributed by atoms with Gasteiger partial charge in [0.1, 0.15) is 0 Å². The van der Waals surface area contributed by atoms with Crippen molar-refractivity contribution in [2.75, 3.05) is 20.3 Å². The summed E-state index contributed by atoms with van der Waals surface area (Å²) in [4.78, 5) is 16.6. The van der Waals surface area contributed by atoms with E-state index in [1.807, 2.05) is 0 Å². The van der Waals surface area contributed by atoms with E-state index in [1.165, 1.54) is 12.8 Å². The quantitative estimate of drug-likeness (QED) is 0.687. The summed E-state index contributed by atoms with van der Waals surface area (Å²) in [5.41, 5.74) is 0. The maximum absolute atomic E-state index is 8.29. The van der Waals surface area contributed by atoms with E-state index in [9.17, 15) is 0 Å². The first kappa shape index (κ1) is 12.8. The van der Waals surface area contributed by atoms with E-state index in [-0.39, 0.29) is 0 Å². The van der Waals surface area contributed by atoms with Crippen molar-refractivity contribution in [2.45, 2.75) is 12.8 Å². The van der Waals surface area contributed by atoms with Gasteiger partial charge in [-0.25, -0.2) is 0 Å². The van der Waals surface area contributed by atoms with Crippen molar-refractivity contribution in [3.63, 3.8) is 0 Å². The van der Waals surface area contributed by atoms with Crippen LogP contribution >= 0.6 is 28.5 Å². The summed E-state index contributed by atoms with van der Waals surface area (Å²) < 4.78 is 8.84. The zero-order valence-corrected chi connectivity index (χ0v) is 9.15. The fraction of sp³-hybridized carbons (Fsp3) is 1.00. The Morgan fingerprint density at radius 3 is 1.67 bits per heavy atom. The van der Waals surface area contributed by atoms with Gasteiger partial charge in [0.2, 0.25) is 0 Å². The average molecular weight is 239 g/mol. The molecule has 0 saturated carbocycles. The fourth-order valence-corrected chi connectivity index (χ4v) is 0.510. The van der Waals surface area contributed by atoms with Crippen LogP contribution in [0.5, 0.6) is 0 Å². The zero-order chi connectivity index (χ0) is 9.69. The second-order valence-electron chi connectivity index (χ2n) is 2.26. The van der Waals surface area contributed by atoms with Crippen molar-refractivity contribution in [3.05, 3.63) is 0 Å². The Kier molecular flexibility index (Phi) is 5.26. The van der Waals surface area contributed by atoms with E-state index in [1.54, 1.807) is 0 Å². The van der Waals surface area contributed by atoms with Gasteiger partial charge in [-0.15, -0.1) is 0 Å². The standard InChI is InChI=1S/C4H8O.CH5Cl2O3P/c1-2-4-5-3-1;1-6-7(2,3,4)5/h1-4H2;4-5H,1H3. The van der Waals surface area contributed by atoms with Gasteiger partial charge in [0.05, 0.1) is 0 Å². The molecule has 12 heavy (non-hydrogen) atoms. The number of hydrogen-bond acceptors (Lipinski definition) is 4. The predicted octanol–water partition coefficient (Wildman–Crippen LogP) is 2.02. The van der Waals surface area contributed by atoms with Gasteiger partial charge in [0, 0.05) is 13.2 Å². The molecule has 1 rings (SSSR count). The summed E-state index contributed by atoms with van der Waals surface area (Å²) in [6.45, 7) is 2.00. The molecule has 0 aromatic carbocycles. The molecule has 1 saturated heterocycles. The van der Waals surface area contributed by atoms with Gasteiger partial charge in [0.25, 0.3) is 0 Å². The topological polar surface area (TPSA) is 58.9 Å². The van der Waals surface area contributed by atoms with Gasteiger partial charge in [-0.2, -0.15) is 0 Å². The normalized spacial score (nSPS) is 20.6. The predicted molar refractivity (Wildman–Crippen MR) is 50.1 cm³/mol. The molecule has 0 bridgehead atoms. The van der Waals surface area contributed by atoms with Crippen LogP contribution in [0.2, 0.25) is 0 Å². The molecular weight excluding hydrogens is 226 g/mol. The van der Waals surface area contributed by atoms with E-state index in [4.69, 9.17) is 37.0 Å². The molecule has 7 heteroatoms. The van der Waals surface area contributed by atoms with Gasteiger partial charge in [0.15, 0.2) is 0 Å². The Labute approximate surface area is 81.1 Å². The van der Waals surface area contributed by atoms with Crippen molar-refractivity contribution in [1.82, 2.24) is 0 Å². The SMILES string of the molecule is C1CCOC1.COP(O)(O)(Cl)Cl. The summed E-state index contributed by atoms with van der Waals surface area (Å²) >= 11 is 9.52. The van der Waals surface area contributed by atoms with E-state index in [2.05, 4.69) is 4.52 Å². The summed E-state index contributed by atoms with van der Waals surface area (Å²) in [7, 11) is 1.01. The average Bonchev–Trinajstić information content (AvgIpc) is 2.39. The summed E-state index contributed by atoms with van der Waals surface area (Å²) in [6, 6.07) is 0. The molecule has 1 heterocycles. The zero-order valence-electron chi connectivity index (χ0n) is 6.74. The van der Waals surface area contributed by atoms with E-state index >= 15 is 0 Å². The molecule has 0 unspecified atom stereocenters. The molecule has 0 aromatic rings. The van der Waals surface area contributed by atoms with Crippen LogP contribution < -0.4 is 0 Å². The molecule has 1 fully saturated rings. The Balaban J connectivity index is 0.000000211. The number of ether oxygens (including phenoxy) is 1. The van der Waals surface area contributed by atoms with E-state index in [0.29, 0.717) is 0 Å². The van der Waals surface area contributed by atoms with Gasteiger partial charge in [-0.05, 0) is 12.8 Å². The van der Waals surface area contributed by atoms with Crippen LogP contribution in [0.25, 0.3) is 0 Å². The van der Waals surface area contributed by atoms with Crippen molar-refractivity contribution in [1.29, 1.82) is 0 Å². The molecule has 0 spiro atoms. The van der Waals surface area contributed by atoms with Crippen LogP contribution in [-0.2, 0) is 9.26 Å². The van der Waals surface area contributed by atoms with Crippen LogP contribution in [0.15, 0.2) is 0 Å². The van der Waals surface area contributed by atoms with Gasteiger partial charge in [-0.3, -0.25) is 0 Å². The summed E-state index contributed by atoms with van der Waals surface area (Å²) in [6.07, 6.45) is 2.56. The Hall–Kier alpha value is 0.850. The molecule has 0 aliphatic carbocycles. The second-order valence-corrected chi connectivity index (χ2v) is 8.31. The van der Waals surface area contributed by atoms with Crippen molar-refractivity contribution in [2.24, 2.45) is 0 Å². The molecule has 1 aliphatic heterocycles. The Bertz CT molecular complexity index is 114. The summed E-state index contributed by atoms with van der Waals surface area (Å²) in [5.74, 6) is -4.63. The molecule has 2 N–H and O–H groups in total. The number of hydrogen-bond donors (Lipinski definition) is 2. The van der Waals surface area contributed by atoms with Crippen molar-refractivity contribution < 1.29 is 19.0 Å². The van der Waals surface area contributed by atoms with Crippen molar-refractivity contribution in [3.8, 4) is 0 Å². The first-order chi connectivity index (χ1) is 5.31. The second kappa shape index (κ2) is 4.91. The maximum atomic E-state index is 8.29. The minimum absolute atomic E-state index is 1.00. The van der Waals surface area contributed by atoms with Crippen molar-refractivity contribution >= 4 is 28.5 Å². The van der Waals surface area contributed by atoms with Gasteiger partial charge >= 0.3 is 49.9 Å². The molecule has 4 nitrogen and oxygen atoms in total. The number of rotatable bonds is 1.